The summed E-state index contributed by atoms with van der Waals surface area (Å²) >= 11 is 0. The van der Waals surface area contributed by atoms with Gasteiger partial charge in [0.05, 0.1) is 25.3 Å². The van der Waals surface area contributed by atoms with Crippen LogP contribution in [0.1, 0.15) is 25.5 Å². The second-order valence-corrected chi connectivity index (χ2v) is 5.26. The van der Waals surface area contributed by atoms with Gasteiger partial charge in [-0.25, -0.2) is 0 Å². The third-order valence-electron chi connectivity index (χ3n) is 3.38. The van der Waals surface area contributed by atoms with E-state index in [1.54, 1.807) is 25.3 Å². The van der Waals surface area contributed by atoms with Crippen LogP contribution in [0.15, 0.2) is 22.8 Å². The zero-order valence-electron chi connectivity index (χ0n) is 11.5. The second kappa shape index (κ2) is 6.56. The summed E-state index contributed by atoms with van der Waals surface area (Å²) in [6.07, 6.45) is 3.64. The highest BCUT2D eigenvalue weighted by Crippen LogP contribution is 2.27. The maximum Gasteiger partial charge on any atom is 0.307 e. The van der Waals surface area contributed by atoms with E-state index in [1.165, 1.54) is 0 Å². The molecular formula is C14H20N2O4. The normalized spacial score (nSPS) is 16.1. The number of rotatable bonds is 8. The van der Waals surface area contributed by atoms with Crippen LogP contribution in [0.2, 0.25) is 0 Å². The summed E-state index contributed by atoms with van der Waals surface area (Å²) in [7, 11) is 0. The first kappa shape index (κ1) is 14.6. The van der Waals surface area contributed by atoms with Crippen molar-refractivity contribution in [1.29, 1.82) is 0 Å². The molecule has 1 atom stereocenters. The van der Waals surface area contributed by atoms with E-state index < -0.39 is 11.9 Å². The van der Waals surface area contributed by atoms with E-state index in [4.69, 9.17) is 9.52 Å². The Hall–Kier alpha value is -1.82. The SMILES string of the molecule is CC(CN(CC(=O)NCc1ccco1)C1CC1)C(=O)O. The molecular weight excluding hydrogens is 260 g/mol. The number of nitrogens with one attached hydrogen (secondary N) is 1. The van der Waals surface area contributed by atoms with Crippen molar-refractivity contribution in [2.24, 2.45) is 5.92 Å². The Bertz CT molecular complexity index is 454. The Labute approximate surface area is 117 Å². The number of nitrogens with zero attached hydrogens (tertiary/aromatic N) is 1. The maximum absolute atomic E-state index is 11.9. The van der Waals surface area contributed by atoms with Gasteiger partial charge in [0.25, 0.3) is 0 Å². The molecule has 1 unspecified atom stereocenters. The van der Waals surface area contributed by atoms with Crippen LogP contribution in [0.4, 0.5) is 0 Å². The number of aliphatic carboxylic acids is 1. The van der Waals surface area contributed by atoms with Gasteiger partial charge in [0.1, 0.15) is 5.76 Å². The molecule has 0 spiro atoms. The summed E-state index contributed by atoms with van der Waals surface area (Å²) in [6, 6.07) is 3.92. The van der Waals surface area contributed by atoms with E-state index in [0.717, 1.165) is 12.8 Å². The maximum atomic E-state index is 11.9. The lowest BCUT2D eigenvalue weighted by Crippen LogP contribution is -2.41. The average molecular weight is 280 g/mol. The van der Waals surface area contributed by atoms with E-state index in [1.807, 2.05) is 4.90 Å². The number of carbonyl (C=O) groups excluding carboxylic acids is 1. The summed E-state index contributed by atoms with van der Waals surface area (Å²) < 4.78 is 5.14. The molecule has 1 saturated carbocycles. The number of carboxylic acid groups (broad SMARTS) is 1. The fourth-order valence-electron chi connectivity index (χ4n) is 2.05. The van der Waals surface area contributed by atoms with Crippen molar-refractivity contribution in [1.82, 2.24) is 10.2 Å². The summed E-state index contributed by atoms with van der Waals surface area (Å²) in [5.74, 6) is -0.693. The largest absolute Gasteiger partial charge is 0.481 e. The molecule has 0 saturated heterocycles. The molecule has 1 aromatic heterocycles. The first-order chi connectivity index (χ1) is 9.56. The summed E-state index contributed by atoms with van der Waals surface area (Å²) in [6.45, 7) is 2.68. The number of carbonyl (C=O) groups is 2. The summed E-state index contributed by atoms with van der Waals surface area (Å²) in [5, 5.41) is 11.7. The van der Waals surface area contributed by atoms with Crippen LogP contribution in [0, 0.1) is 5.92 Å². The van der Waals surface area contributed by atoms with Crippen LogP contribution in [-0.2, 0) is 16.1 Å². The lowest BCUT2D eigenvalue weighted by Gasteiger charge is -2.23. The summed E-state index contributed by atoms with van der Waals surface area (Å²) in [5.41, 5.74) is 0. The van der Waals surface area contributed by atoms with E-state index in [9.17, 15) is 9.59 Å². The fraction of sp³-hybridized carbons (Fsp3) is 0.571. The zero-order valence-corrected chi connectivity index (χ0v) is 11.5. The highest BCUT2D eigenvalue weighted by molar-refractivity contribution is 5.78. The van der Waals surface area contributed by atoms with Crippen LogP contribution in [0.3, 0.4) is 0 Å². The van der Waals surface area contributed by atoms with Gasteiger partial charge in [0.2, 0.25) is 5.91 Å². The van der Waals surface area contributed by atoms with E-state index in [0.29, 0.717) is 24.9 Å². The molecule has 1 aliphatic carbocycles. The Kier molecular flexibility index (Phi) is 4.79. The van der Waals surface area contributed by atoms with Crippen LogP contribution < -0.4 is 5.32 Å². The number of hydrogen-bond acceptors (Lipinski definition) is 4. The first-order valence-electron chi connectivity index (χ1n) is 6.82. The molecule has 1 heterocycles. The molecule has 1 fully saturated rings. The number of furan rings is 1. The van der Waals surface area contributed by atoms with Crippen molar-refractivity contribution in [3.63, 3.8) is 0 Å². The van der Waals surface area contributed by atoms with Gasteiger partial charge in [-0.2, -0.15) is 0 Å². The minimum absolute atomic E-state index is 0.106. The molecule has 0 bridgehead atoms. The van der Waals surface area contributed by atoms with E-state index >= 15 is 0 Å². The van der Waals surface area contributed by atoms with Crippen molar-refractivity contribution in [2.45, 2.75) is 32.4 Å². The molecule has 6 nitrogen and oxygen atoms in total. The third kappa shape index (κ3) is 4.38. The lowest BCUT2D eigenvalue weighted by molar-refractivity contribution is -0.142. The number of carboxylic acids is 1. The molecule has 20 heavy (non-hydrogen) atoms. The molecule has 1 aromatic rings. The topological polar surface area (TPSA) is 82.8 Å². The Morgan fingerprint density at radius 1 is 1.55 bits per heavy atom. The van der Waals surface area contributed by atoms with E-state index in [2.05, 4.69) is 5.32 Å². The predicted molar refractivity (Wildman–Crippen MR) is 71.9 cm³/mol. The van der Waals surface area contributed by atoms with Crippen molar-refractivity contribution in [2.75, 3.05) is 13.1 Å². The van der Waals surface area contributed by atoms with Gasteiger partial charge in [0, 0.05) is 12.6 Å². The lowest BCUT2D eigenvalue weighted by atomic mass is 10.1. The van der Waals surface area contributed by atoms with Gasteiger partial charge in [0.15, 0.2) is 0 Å². The van der Waals surface area contributed by atoms with Crippen molar-refractivity contribution < 1.29 is 19.1 Å². The smallest absolute Gasteiger partial charge is 0.307 e. The zero-order chi connectivity index (χ0) is 14.5. The molecule has 2 N–H and O–H groups in total. The fourth-order valence-corrected chi connectivity index (χ4v) is 2.05. The van der Waals surface area contributed by atoms with Crippen molar-refractivity contribution in [3.05, 3.63) is 24.2 Å². The van der Waals surface area contributed by atoms with Gasteiger partial charge >= 0.3 is 5.97 Å². The van der Waals surface area contributed by atoms with Gasteiger partial charge in [-0.3, -0.25) is 14.5 Å². The molecule has 0 aliphatic heterocycles. The Balaban J connectivity index is 1.78. The molecule has 0 aromatic carbocycles. The number of amides is 1. The highest BCUT2D eigenvalue weighted by atomic mass is 16.4. The minimum atomic E-state index is -0.827. The van der Waals surface area contributed by atoms with Crippen LogP contribution in [0.25, 0.3) is 0 Å². The van der Waals surface area contributed by atoms with Crippen LogP contribution >= 0.6 is 0 Å². The Morgan fingerprint density at radius 2 is 2.30 bits per heavy atom. The third-order valence-corrected chi connectivity index (χ3v) is 3.38. The standard InChI is InChI=1S/C14H20N2O4/c1-10(14(18)19)8-16(11-4-5-11)9-13(17)15-7-12-3-2-6-20-12/h2-3,6,10-11H,4-5,7-9H2,1H3,(H,15,17)(H,18,19). The minimum Gasteiger partial charge on any atom is -0.481 e. The molecule has 6 heteroatoms. The molecule has 1 amide bonds. The molecule has 0 radical (unpaired) electrons. The van der Waals surface area contributed by atoms with Crippen molar-refractivity contribution >= 4 is 11.9 Å². The predicted octanol–water partition coefficient (Wildman–Crippen LogP) is 1.08. The first-order valence-corrected chi connectivity index (χ1v) is 6.82. The monoisotopic (exact) mass is 280 g/mol. The quantitative estimate of drug-likeness (QED) is 0.744. The van der Waals surface area contributed by atoms with Gasteiger partial charge < -0.3 is 14.8 Å². The van der Waals surface area contributed by atoms with Crippen LogP contribution in [0.5, 0.6) is 0 Å². The molecule has 110 valence electrons. The average Bonchev–Trinajstić information content (AvgIpc) is 3.12. The Morgan fingerprint density at radius 3 is 2.85 bits per heavy atom. The highest BCUT2D eigenvalue weighted by Gasteiger charge is 2.32. The summed E-state index contributed by atoms with van der Waals surface area (Å²) in [4.78, 5) is 24.8. The van der Waals surface area contributed by atoms with Crippen molar-refractivity contribution in [3.8, 4) is 0 Å². The second-order valence-electron chi connectivity index (χ2n) is 5.26. The van der Waals surface area contributed by atoms with Gasteiger partial charge in [-0.05, 0) is 25.0 Å². The van der Waals surface area contributed by atoms with Gasteiger partial charge in [-0.1, -0.05) is 6.92 Å². The number of hydrogen-bond donors (Lipinski definition) is 2. The van der Waals surface area contributed by atoms with Gasteiger partial charge in [-0.15, -0.1) is 0 Å². The van der Waals surface area contributed by atoms with E-state index in [-0.39, 0.29) is 12.5 Å². The molecule has 2 rings (SSSR count). The van der Waals surface area contributed by atoms with Crippen LogP contribution in [-0.4, -0.2) is 41.0 Å². The molecule has 1 aliphatic rings.